The number of morpholine rings is 1. The number of anilines is 2. The van der Waals surface area contributed by atoms with Gasteiger partial charge in [-0.15, -0.1) is 0 Å². The first-order valence-electron chi connectivity index (χ1n) is 14.9. The van der Waals surface area contributed by atoms with Crippen molar-refractivity contribution in [2.24, 2.45) is 0 Å². The summed E-state index contributed by atoms with van der Waals surface area (Å²) >= 11 is 0. The van der Waals surface area contributed by atoms with Gasteiger partial charge in [0.05, 0.1) is 36.5 Å². The number of benzene rings is 2. The number of nitrogens with zero attached hydrogens (tertiary/aromatic N) is 6. The van der Waals surface area contributed by atoms with Crippen LogP contribution in [0.4, 0.5) is 25.1 Å². The van der Waals surface area contributed by atoms with E-state index in [2.05, 4.69) is 26.8 Å². The van der Waals surface area contributed by atoms with Crippen LogP contribution in [0.3, 0.4) is 0 Å². The molecule has 0 unspecified atom stereocenters. The van der Waals surface area contributed by atoms with Crippen molar-refractivity contribution in [1.29, 1.82) is 0 Å². The molecule has 43 heavy (non-hydrogen) atoms. The standard InChI is InChI=1S/C32H42F2N6O3/c1-32(2,3)43-31(41)38(5)10-9-37(4)21-22-15-26(28-7-6-8-40(28)25-18-23(33)17-24(34)19-25)30-27(16-22)35-20-29(36-30)39-11-13-42-14-12-39/h15-20,28H,6-14,21H2,1-5H3/t28-/m0/s1. The zero-order valence-corrected chi connectivity index (χ0v) is 25.8. The summed E-state index contributed by atoms with van der Waals surface area (Å²) in [6.07, 6.45) is 3.18. The van der Waals surface area contributed by atoms with E-state index in [0.717, 1.165) is 60.0 Å². The average molecular weight is 597 g/mol. The van der Waals surface area contributed by atoms with Crippen molar-refractivity contribution in [2.75, 3.05) is 69.8 Å². The molecule has 2 aliphatic rings. The number of carbonyl (C=O) groups excluding carboxylic acids is 1. The number of halogens is 2. The van der Waals surface area contributed by atoms with E-state index in [1.54, 1.807) is 11.9 Å². The first-order valence-corrected chi connectivity index (χ1v) is 14.9. The van der Waals surface area contributed by atoms with Crippen molar-refractivity contribution in [2.45, 2.75) is 51.8 Å². The van der Waals surface area contributed by atoms with E-state index in [4.69, 9.17) is 19.4 Å². The van der Waals surface area contributed by atoms with E-state index in [-0.39, 0.29) is 12.1 Å². The van der Waals surface area contributed by atoms with E-state index in [0.29, 0.717) is 45.1 Å². The van der Waals surface area contributed by atoms with Crippen LogP contribution in [0, 0.1) is 11.6 Å². The van der Waals surface area contributed by atoms with Crippen molar-refractivity contribution < 1.29 is 23.0 Å². The molecule has 5 rings (SSSR count). The van der Waals surface area contributed by atoms with Crippen LogP contribution in [0.1, 0.15) is 50.8 Å². The lowest BCUT2D eigenvalue weighted by molar-refractivity contribution is 0.0286. The molecule has 0 saturated carbocycles. The molecule has 0 spiro atoms. The third-order valence-corrected chi connectivity index (χ3v) is 7.83. The van der Waals surface area contributed by atoms with Crippen LogP contribution >= 0.6 is 0 Å². The Bertz CT molecular complexity index is 1420. The van der Waals surface area contributed by atoms with Gasteiger partial charge in [0.1, 0.15) is 23.1 Å². The first-order chi connectivity index (χ1) is 20.5. The molecule has 11 heteroatoms. The zero-order valence-electron chi connectivity index (χ0n) is 25.8. The van der Waals surface area contributed by atoms with Crippen molar-refractivity contribution in [3.05, 3.63) is 59.3 Å². The highest BCUT2D eigenvalue weighted by Gasteiger charge is 2.30. The van der Waals surface area contributed by atoms with E-state index in [1.807, 2.05) is 34.0 Å². The van der Waals surface area contributed by atoms with Crippen LogP contribution in [0.25, 0.3) is 11.0 Å². The predicted octanol–water partition coefficient (Wildman–Crippen LogP) is 5.38. The maximum absolute atomic E-state index is 14.2. The number of hydrogen-bond acceptors (Lipinski definition) is 8. The van der Waals surface area contributed by atoms with E-state index < -0.39 is 17.2 Å². The Kier molecular flexibility index (Phi) is 9.31. The number of aromatic nitrogens is 2. The molecule has 9 nitrogen and oxygen atoms in total. The predicted molar refractivity (Wildman–Crippen MR) is 163 cm³/mol. The van der Waals surface area contributed by atoms with Gasteiger partial charge in [-0.1, -0.05) is 6.07 Å². The van der Waals surface area contributed by atoms with Gasteiger partial charge in [-0.05, 0) is 64.4 Å². The van der Waals surface area contributed by atoms with Crippen LogP contribution in [0.15, 0.2) is 36.5 Å². The second-order valence-corrected chi connectivity index (χ2v) is 12.5. The van der Waals surface area contributed by atoms with Crippen molar-refractivity contribution >= 4 is 28.6 Å². The third kappa shape index (κ3) is 7.69. The molecule has 1 aromatic heterocycles. The minimum atomic E-state index is -0.591. The lowest BCUT2D eigenvalue weighted by Crippen LogP contribution is -2.38. The van der Waals surface area contributed by atoms with Crippen molar-refractivity contribution in [1.82, 2.24) is 19.8 Å². The summed E-state index contributed by atoms with van der Waals surface area (Å²) in [5, 5.41) is 0. The summed E-state index contributed by atoms with van der Waals surface area (Å²) in [6, 6.07) is 7.81. The topological polar surface area (TPSA) is 74.3 Å². The van der Waals surface area contributed by atoms with Gasteiger partial charge in [0, 0.05) is 63.6 Å². The molecule has 2 aliphatic heterocycles. The van der Waals surface area contributed by atoms with Gasteiger partial charge in [0.2, 0.25) is 0 Å². The maximum Gasteiger partial charge on any atom is 0.410 e. The van der Waals surface area contributed by atoms with Gasteiger partial charge < -0.3 is 29.1 Å². The molecule has 2 fully saturated rings. The van der Waals surface area contributed by atoms with Gasteiger partial charge >= 0.3 is 6.09 Å². The zero-order chi connectivity index (χ0) is 30.7. The number of rotatable bonds is 8. The van der Waals surface area contributed by atoms with Crippen LogP contribution < -0.4 is 9.80 Å². The second-order valence-electron chi connectivity index (χ2n) is 12.5. The minimum absolute atomic E-state index is 0.110. The monoisotopic (exact) mass is 596 g/mol. The van der Waals surface area contributed by atoms with E-state index in [9.17, 15) is 13.6 Å². The fourth-order valence-electron chi connectivity index (χ4n) is 5.73. The number of hydrogen-bond donors (Lipinski definition) is 0. The van der Waals surface area contributed by atoms with Crippen molar-refractivity contribution in [3.8, 4) is 0 Å². The highest BCUT2D eigenvalue weighted by molar-refractivity contribution is 5.81. The fraction of sp³-hybridized carbons (Fsp3) is 0.531. The number of amides is 1. The molecule has 1 atom stereocenters. The Balaban J connectivity index is 1.44. The number of fused-ring (bicyclic) bond motifs is 1. The normalized spacial score (nSPS) is 17.6. The second kappa shape index (κ2) is 13.0. The third-order valence-electron chi connectivity index (χ3n) is 7.83. The molecule has 2 aromatic carbocycles. The highest BCUT2D eigenvalue weighted by atomic mass is 19.1. The van der Waals surface area contributed by atoms with E-state index in [1.165, 1.54) is 12.1 Å². The smallest absolute Gasteiger partial charge is 0.410 e. The van der Waals surface area contributed by atoms with Crippen molar-refractivity contribution in [3.63, 3.8) is 0 Å². The van der Waals surface area contributed by atoms with Gasteiger partial charge in [0.25, 0.3) is 0 Å². The molecule has 1 amide bonds. The largest absolute Gasteiger partial charge is 0.444 e. The van der Waals surface area contributed by atoms with Crippen LogP contribution in [0.2, 0.25) is 0 Å². The molecular weight excluding hydrogens is 554 g/mol. The average Bonchev–Trinajstić information content (AvgIpc) is 3.44. The highest BCUT2D eigenvalue weighted by Crippen LogP contribution is 2.40. The van der Waals surface area contributed by atoms with Crippen LogP contribution in [-0.4, -0.2) is 91.5 Å². The molecule has 0 radical (unpaired) electrons. The number of carbonyl (C=O) groups is 1. The molecule has 232 valence electrons. The lowest BCUT2D eigenvalue weighted by atomic mass is 9.98. The summed E-state index contributed by atoms with van der Waals surface area (Å²) in [5.74, 6) is -0.383. The Morgan fingerprint density at radius 2 is 1.77 bits per heavy atom. The summed E-state index contributed by atoms with van der Waals surface area (Å²) in [5.41, 5.74) is 3.60. The fourth-order valence-corrected chi connectivity index (χ4v) is 5.73. The maximum atomic E-state index is 14.2. The quantitative estimate of drug-likeness (QED) is 0.343. The molecular formula is C32H42F2N6O3. The Morgan fingerprint density at radius 1 is 1.05 bits per heavy atom. The van der Waals surface area contributed by atoms with Gasteiger partial charge in [0.15, 0.2) is 0 Å². The molecule has 3 aromatic rings. The Morgan fingerprint density at radius 3 is 2.47 bits per heavy atom. The summed E-state index contributed by atoms with van der Waals surface area (Å²) in [7, 11) is 3.75. The minimum Gasteiger partial charge on any atom is -0.444 e. The number of ether oxygens (including phenoxy) is 2. The molecule has 2 saturated heterocycles. The Labute approximate surface area is 252 Å². The Hall–Kier alpha value is -3.57. The van der Waals surface area contributed by atoms with Gasteiger partial charge in [-0.2, -0.15) is 0 Å². The first kappa shape index (κ1) is 30.9. The van der Waals surface area contributed by atoms with Crippen LogP contribution in [0.5, 0.6) is 0 Å². The van der Waals surface area contributed by atoms with Gasteiger partial charge in [-0.25, -0.2) is 18.6 Å². The SMILES string of the molecule is CN(CCN(C)C(=O)OC(C)(C)C)Cc1cc([C@@H]2CCCN2c2cc(F)cc(F)c2)c2nc(N3CCOCC3)cnc2c1. The lowest BCUT2D eigenvalue weighted by Gasteiger charge is -2.30. The summed E-state index contributed by atoms with van der Waals surface area (Å²) < 4.78 is 39.5. The molecule has 3 heterocycles. The summed E-state index contributed by atoms with van der Waals surface area (Å²) in [4.78, 5) is 30.3. The molecule has 0 aliphatic carbocycles. The number of likely N-dealkylation sites (N-methyl/N-ethyl adjacent to an activating group) is 2. The van der Waals surface area contributed by atoms with E-state index >= 15 is 0 Å². The molecule has 0 N–H and O–H groups in total. The van der Waals surface area contributed by atoms with Gasteiger partial charge in [-0.3, -0.25) is 4.98 Å². The van der Waals surface area contributed by atoms with Crippen LogP contribution in [-0.2, 0) is 16.0 Å². The molecule has 0 bridgehead atoms. The summed E-state index contributed by atoms with van der Waals surface area (Å²) in [6.45, 7) is 10.8.